The summed E-state index contributed by atoms with van der Waals surface area (Å²) in [5.41, 5.74) is 0. The largest absolute Gasteiger partial charge is 0.481 e. The molecule has 0 aliphatic heterocycles. The molecule has 6 nitrogen and oxygen atoms in total. The van der Waals surface area contributed by atoms with Crippen LogP contribution < -0.4 is 0 Å². The molecule has 20 heavy (non-hydrogen) atoms. The molecule has 2 rings (SSSR count). The molecule has 0 saturated carbocycles. The second-order valence-corrected chi connectivity index (χ2v) is 5.34. The van der Waals surface area contributed by atoms with Crippen LogP contribution in [0.1, 0.15) is 37.9 Å². The van der Waals surface area contributed by atoms with Gasteiger partial charge in [-0.15, -0.1) is 10.2 Å². The van der Waals surface area contributed by atoms with Crippen molar-refractivity contribution in [3.63, 3.8) is 0 Å². The van der Waals surface area contributed by atoms with E-state index in [9.17, 15) is 4.79 Å². The number of thioether (sulfide) groups is 1. The molecule has 0 aliphatic rings. The summed E-state index contributed by atoms with van der Waals surface area (Å²) in [6, 6.07) is 3.67. The summed E-state index contributed by atoms with van der Waals surface area (Å²) in [5.74, 6) is 0.755. The predicted octanol–water partition coefficient (Wildman–Crippen LogP) is 2.61. The minimum atomic E-state index is -0.868. The lowest BCUT2D eigenvalue weighted by Gasteiger charge is -2.15. The second-order valence-electron chi connectivity index (χ2n) is 4.39. The van der Waals surface area contributed by atoms with Gasteiger partial charge in [-0.25, -0.2) is 0 Å². The van der Waals surface area contributed by atoms with E-state index in [4.69, 9.17) is 9.52 Å². The minimum Gasteiger partial charge on any atom is -0.481 e. The molecule has 1 unspecified atom stereocenters. The number of aryl methyl sites for hydroxylation is 1. The third-order valence-electron chi connectivity index (χ3n) is 2.88. The highest BCUT2D eigenvalue weighted by atomic mass is 32.2. The van der Waals surface area contributed by atoms with Gasteiger partial charge in [0.1, 0.15) is 11.6 Å². The summed E-state index contributed by atoms with van der Waals surface area (Å²) >= 11 is 1.18. The Kier molecular flexibility index (Phi) is 4.84. The number of rotatable bonds is 7. The number of hydrogen-bond donors (Lipinski definition) is 1. The molecule has 2 aromatic rings. The number of aliphatic carboxylic acids is 1. The monoisotopic (exact) mass is 295 g/mol. The first kappa shape index (κ1) is 14.6. The van der Waals surface area contributed by atoms with E-state index >= 15 is 0 Å². The molecular formula is C13H17N3O3S. The normalized spacial score (nSPS) is 12.5. The van der Waals surface area contributed by atoms with Crippen LogP contribution in [-0.2, 0) is 11.2 Å². The van der Waals surface area contributed by atoms with Crippen LogP contribution in [0.3, 0.4) is 0 Å². The van der Waals surface area contributed by atoms with Crippen molar-refractivity contribution in [1.82, 2.24) is 14.8 Å². The van der Waals surface area contributed by atoms with Gasteiger partial charge in [-0.3, -0.25) is 9.36 Å². The molecule has 2 aromatic heterocycles. The number of aromatic nitrogens is 3. The summed E-state index contributed by atoms with van der Waals surface area (Å²) in [6.45, 7) is 4.06. The van der Waals surface area contributed by atoms with Gasteiger partial charge in [-0.05, 0) is 25.5 Å². The van der Waals surface area contributed by atoms with Gasteiger partial charge in [0.2, 0.25) is 0 Å². The molecule has 0 radical (unpaired) electrons. The van der Waals surface area contributed by atoms with E-state index in [0.717, 1.165) is 24.4 Å². The first-order valence-corrected chi connectivity index (χ1v) is 7.43. The van der Waals surface area contributed by atoms with Crippen molar-refractivity contribution in [2.24, 2.45) is 0 Å². The number of carbonyl (C=O) groups is 1. The fraction of sp³-hybridized carbons (Fsp3) is 0.462. The van der Waals surface area contributed by atoms with Gasteiger partial charge in [-0.2, -0.15) is 0 Å². The number of carboxylic acid groups (broad SMARTS) is 1. The van der Waals surface area contributed by atoms with Gasteiger partial charge in [0, 0.05) is 6.42 Å². The zero-order valence-corrected chi connectivity index (χ0v) is 12.3. The average Bonchev–Trinajstić information content (AvgIpc) is 3.05. The Morgan fingerprint density at radius 1 is 1.55 bits per heavy atom. The van der Waals surface area contributed by atoms with E-state index in [-0.39, 0.29) is 11.8 Å². The van der Waals surface area contributed by atoms with E-state index < -0.39 is 5.97 Å². The zero-order valence-electron chi connectivity index (χ0n) is 11.4. The van der Waals surface area contributed by atoms with Crippen LogP contribution in [0.15, 0.2) is 28.0 Å². The van der Waals surface area contributed by atoms with Gasteiger partial charge in [0.15, 0.2) is 5.16 Å². The van der Waals surface area contributed by atoms with Crippen LogP contribution >= 0.6 is 11.8 Å². The predicted molar refractivity (Wildman–Crippen MR) is 74.9 cm³/mol. The Morgan fingerprint density at radius 2 is 2.35 bits per heavy atom. The molecule has 1 N–H and O–H groups in total. The first-order chi connectivity index (χ1) is 9.63. The summed E-state index contributed by atoms with van der Waals surface area (Å²) in [7, 11) is 0. The van der Waals surface area contributed by atoms with Crippen molar-refractivity contribution < 1.29 is 14.3 Å². The zero-order chi connectivity index (χ0) is 14.5. The fourth-order valence-corrected chi connectivity index (χ4v) is 2.73. The molecular weight excluding hydrogens is 278 g/mol. The highest BCUT2D eigenvalue weighted by Crippen LogP contribution is 2.27. The quantitative estimate of drug-likeness (QED) is 0.791. The van der Waals surface area contributed by atoms with Crippen LogP contribution in [0.4, 0.5) is 0 Å². The average molecular weight is 295 g/mol. The summed E-state index contributed by atoms with van der Waals surface area (Å²) in [4.78, 5) is 10.7. The Morgan fingerprint density at radius 3 is 2.95 bits per heavy atom. The minimum absolute atomic E-state index is 0.0326. The Bertz CT molecular complexity index is 565. The van der Waals surface area contributed by atoms with Gasteiger partial charge >= 0.3 is 5.97 Å². The van der Waals surface area contributed by atoms with E-state index in [1.165, 1.54) is 11.8 Å². The molecule has 0 aliphatic carbocycles. The van der Waals surface area contributed by atoms with Crippen molar-refractivity contribution in [3.05, 3.63) is 30.0 Å². The summed E-state index contributed by atoms with van der Waals surface area (Å²) in [5, 5.41) is 17.7. The highest BCUT2D eigenvalue weighted by molar-refractivity contribution is 7.99. The SMILES string of the molecule is CCCc1nnc(SCC(=O)O)n1C(C)c1ccco1. The lowest BCUT2D eigenvalue weighted by molar-refractivity contribution is -0.133. The summed E-state index contributed by atoms with van der Waals surface area (Å²) < 4.78 is 7.39. The van der Waals surface area contributed by atoms with Crippen molar-refractivity contribution in [3.8, 4) is 0 Å². The standard InChI is InChI=1S/C13H17N3O3S/c1-3-5-11-14-15-13(20-8-12(17)18)16(11)9(2)10-6-4-7-19-10/h4,6-7,9H,3,5,8H2,1-2H3,(H,17,18). The Hall–Kier alpha value is -1.76. The van der Waals surface area contributed by atoms with Gasteiger partial charge < -0.3 is 9.52 Å². The number of nitrogens with zero attached hydrogens (tertiary/aromatic N) is 3. The third kappa shape index (κ3) is 3.22. The molecule has 0 fully saturated rings. The maximum absolute atomic E-state index is 10.7. The highest BCUT2D eigenvalue weighted by Gasteiger charge is 2.20. The second kappa shape index (κ2) is 6.60. The smallest absolute Gasteiger partial charge is 0.313 e. The van der Waals surface area contributed by atoms with Crippen LogP contribution in [0, 0.1) is 0 Å². The van der Waals surface area contributed by atoms with Crippen molar-refractivity contribution in [1.29, 1.82) is 0 Å². The van der Waals surface area contributed by atoms with E-state index in [2.05, 4.69) is 17.1 Å². The maximum Gasteiger partial charge on any atom is 0.313 e. The summed E-state index contributed by atoms with van der Waals surface area (Å²) in [6.07, 6.45) is 3.37. The molecule has 0 aromatic carbocycles. The number of hydrogen-bond acceptors (Lipinski definition) is 5. The topological polar surface area (TPSA) is 81.1 Å². The molecule has 7 heteroatoms. The number of furan rings is 1. The molecule has 0 amide bonds. The van der Waals surface area contributed by atoms with Crippen LogP contribution in [-0.4, -0.2) is 31.6 Å². The van der Waals surface area contributed by atoms with Crippen molar-refractivity contribution in [2.75, 3.05) is 5.75 Å². The maximum atomic E-state index is 10.7. The fourth-order valence-electron chi connectivity index (χ4n) is 1.97. The molecule has 1 atom stereocenters. The molecule has 108 valence electrons. The molecule has 2 heterocycles. The van der Waals surface area contributed by atoms with Crippen LogP contribution in [0.5, 0.6) is 0 Å². The van der Waals surface area contributed by atoms with Crippen molar-refractivity contribution in [2.45, 2.75) is 37.9 Å². The third-order valence-corrected chi connectivity index (χ3v) is 3.80. The Labute approximate surface area is 121 Å². The van der Waals surface area contributed by atoms with Gasteiger partial charge in [0.05, 0.1) is 18.1 Å². The molecule has 0 spiro atoms. The Balaban J connectivity index is 2.31. The lowest BCUT2D eigenvalue weighted by Crippen LogP contribution is -2.12. The molecule has 0 saturated heterocycles. The van der Waals surface area contributed by atoms with Crippen LogP contribution in [0.2, 0.25) is 0 Å². The van der Waals surface area contributed by atoms with Gasteiger partial charge in [-0.1, -0.05) is 18.7 Å². The van der Waals surface area contributed by atoms with E-state index in [1.54, 1.807) is 6.26 Å². The van der Waals surface area contributed by atoms with Crippen molar-refractivity contribution >= 4 is 17.7 Å². The van der Waals surface area contributed by atoms with E-state index in [0.29, 0.717) is 5.16 Å². The first-order valence-electron chi connectivity index (χ1n) is 6.45. The van der Waals surface area contributed by atoms with Crippen LogP contribution in [0.25, 0.3) is 0 Å². The number of carboxylic acids is 1. The lowest BCUT2D eigenvalue weighted by atomic mass is 10.2. The molecule has 0 bridgehead atoms. The van der Waals surface area contributed by atoms with E-state index in [1.807, 2.05) is 23.6 Å². The van der Waals surface area contributed by atoms with Gasteiger partial charge in [0.25, 0.3) is 0 Å².